The number of rotatable bonds is 7. The van der Waals surface area contributed by atoms with Crippen molar-refractivity contribution in [1.29, 1.82) is 0 Å². The molecule has 0 spiro atoms. The zero-order valence-corrected chi connectivity index (χ0v) is 9.51. The minimum absolute atomic E-state index is 0.276. The predicted octanol–water partition coefficient (Wildman–Crippen LogP) is 2.03. The van der Waals surface area contributed by atoms with E-state index in [1.165, 1.54) is 12.8 Å². The van der Waals surface area contributed by atoms with Crippen molar-refractivity contribution in [2.24, 2.45) is 11.8 Å². The number of nitrogens with one attached hydrogen (secondary N) is 1. The van der Waals surface area contributed by atoms with Crippen LogP contribution < -0.4 is 5.32 Å². The normalized spacial score (nSPS) is 16.2. The maximum absolute atomic E-state index is 8.91. The largest absolute Gasteiger partial charge is 0.396 e. The first kappa shape index (κ1) is 12.9. The minimum atomic E-state index is 0.276. The van der Waals surface area contributed by atoms with Gasteiger partial charge >= 0.3 is 0 Å². The molecule has 0 amide bonds. The smallest absolute Gasteiger partial charge is 0.0471 e. The SMILES string of the molecule is CC(C)CCCNC(C)C(C)CO. The van der Waals surface area contributed by atoms with E-state index in [9.17, 15) is 0 Å². The van der Waals surface area contributed by atoms with Gasteiger partial charge < -0.3 is 10.4 Å². The summed E-state index contributed by atoms with van der Waals surface area (Å²) in [5, 5.41) is 12.3. The van der Waals surface area contributed by atoms with Crippen LogP contribution in [0.1, 0.15) is 40.5 Å². The molecule has 0 fully saturated rings. The van der Waals surface area contributed by atoms with Gasteiger partial charge in [0.1, 0.15) is 0 Å². The van der Waals surface area contributed by atoms with E-state index in [-0.39, 0.29) is 6.61 Å². The van der Waals surface area contributed by atoms with Crippen LogP contribution >= 0.6 is 0 Å². The second-order valence-corrected chi connectivity index (χ2v) is 4.44. The molecule has 0 aliphatic heterocycles. The third-order valence-electron chi connectivity index (χ3n) is 2.57. The summed E-state index contributed by atoms with van der Waals surface area (Å²) in [5.41, 5.74) is 0. The van der Waals surface area contributed by atoms with Crippen molar-refractivity contribution in [2.75, 3.05) is 13.2 Å². The Kier molecular flexibility index (Phi) is 7.29. The summed E-state index contributed by atoms with van der Waals surface area (Å²) in [5.74, 6) is 1.16. The first-order chi connectivity index (χ1) is 6.07. The van der Waals surface area contributed by atoms with Crippen LogP contribution in [-0.4, -0.2) is 24.3 Å². The highest BCUT2D eigenvalue weighted by atomic mass is 16.3. The first-order valence-electron chi connectivity index (χ1n) is 5.42. The summed E-state index contributed by atoms with van der Waals surface area (Å²) in [6, 6.07) is 0.428. The lowest BCUT2D eigenvalue weighted by atomic mass is 10.0. The molecule has 2 heteroatoms. The average Bonchev–Trinajstić information content (AvgIpc) is 2.10. The van der Waals surface area contributed by atoms with Crippen molar-refractivity contribution in [3.63, 3.8) is 0 Å². The fourth-order valence-electron chi connectivity index (χ4n) is 1.20. The van der Waals surface area contributed by atoms with E-state index in [1.54, 1.807) is 0 Å². The van der Waals surface area contributed by atoms with Gasteiger partial charge in [0.15, 0.2) is 0 Å². The molecule has 0 aliphatic carbocycles. The lowest BCUT2D eigenvalue weighted by Crippen LogP contribution is -2.34. The molecule has 2 atom stereocenters. The molecule has 0 rings (SSSR count). The highest BCUT2D eigenvalue weighted by molar-refractivity contribution is 4.67. The van der Waals surface area contributed by atoms with Crippen LogP contribution in [0.25, 0.3) is 0 Å². The molecule has 0 aromatic rings. The standard InChI is InChI=1S/C11H25NO/c1-9(2)6-5-7-12-11(4)10(3)8-13/h9-13H,5-8H2,1-4H3. The van der Waals surface area contributed by atoms with Crippen LogP contribution in [0.2, 0.25) is 0 Å². The summed E-state index contributed by atoms with van der Waals surface area (Å²) >= 11 is 0. The maximum atomic E-state index is 8.91. The van der Waals surface area contributed by atoms with Crippen molar-refractivity contribution in [3.05, 3.63) is 0 Å². The molecule has 0 aliphatic rings. The number of hydrogen-bond acceptors (Lipinski definition) is 2. The van der Waals surface area contributed by atoms with Gasteiger partial charge in [-0.05, 0) is 38.1 Å². The van der Waals surface area contributed by atoms with Gasteiger partial charge in [-0.25, -0.2) is 0 Å². The van der Waals surface area contributed by atoms with Gasteiger partial charge in [-0.3, -0.25) is 0 Å². The Morgan fingerprint density at radius 1 is 1.15 bits per heavy atom. The van der Waals surface area contributed by atoms with Crippen LogP contribution in [0.15, 0.2) is 0 Å². The van der Waals surface area contributed by atoms with Gasteiger partial charge in [0.05, 0.1) is 0 Å². The fourth-order valence-corrected chi connectivity index (χ4v) is 1.20. The van der Waals surface area contributed by atoms with Crippen molar-refractivity contribution in [2.45, 2.75) is 46.6 Å². The Morgan fingerprint density at radius 2 is 1.77 bits per heavy atom. The van der Waals surface area contributed by atoms with Crippen LogP contribution in [0.3, 0.4) is 0 Å². The molecular formula is C11H25NO. The van der Waals surface area contributed by atoms with Gasteiger partial charge in [-0.1, -0.05) is 20.8 Å². The topological polar surface area (TPSA) is 32.3 Å². The molecule has 2 N–H and O–H groups in total. The molecule has 0 aromatic heterocycles. The first-order valence-corrected chi connectivity index (χ1v) is 5.42. The Balaban J connectivity index is 3.31. The highest BCUT2D eigenvalue weighted by Gasteiger charge is 2.09. The van der Waals surface area contributed by atoms with Gasteiger partial charge in [0.2, 0.25) is 0 Å². The Hall–Kier alpha value is -0.0800. The molecule has 0 saturated heterocycles. The quantitative estimate of drug-likeness (QED) is 0.598. The monoisotopic (exact) mass is 187 g/mol. The van der Waals surface area contributed by atoms with Gasteiger partial charge in [-0.15, -0.1) is 0 Å². The fraction of sp³-hybridized carbons (Fsp3) is 1.00. The van der Waals surface area contributed by atoms with E-state index in [0.29, 0.717) is 12.0 Å². The van der Waals surface area contributed by atoms with Crippen molar-refractivity contribution >= 4 is 0 Å². The second-order valence-electron chi connectivity index (χ2n) is 4.44. The average molecular weight is 187 g/mol. The molecule has 13 heavy (non-hydrogen) atoms. The summed E-state index contributed by atoms with van der Waals surface area (Å²) in [4.78, 5) is 0. The minimum Gasteiger partial charge on any atom is -0.396 e. The molecule has 0 aromatic carbocycles. The van der Waals surface area contributed by atoms with Crippen molar-refractivity contribution in [1.82, 2.24) is 5.32 Å². The molecule has 0 heterocycles. The van der Waals surface area contributed by atoms with E-state index in [1.807, 2.05) is 0 Å². The molecule has 0 radical (unpaired) electrons. The molecule has 2 nitrogen and oxygen atoms in total. The third kappa shape index (κ3) is 7.03. The van der Waals surface area contributed by atoms with Crippen molar-refractivity contribution < 1.29 is 5.11 Å². The number of aliphatic hydroxyl groups excluding tert-OH is 1. The second kappa shape index (κ2) is 7.34. The van der Waals surface area contributed by atoms with Gasteiger partial charge in [-0.2, -0.15) is 0 Å². The Morgan fingerprint density at radius 3 is 2.23 bits per heavy atom. The van der Waals surface area contributed by atoms with Crippen LogP contribution in [0.5, 0.6) is 0 Å². The zero-order valence-electron chi connectivity index (χ0n) is 9.51. The Bertz CT molecular complexity index is 115. The van der Waals surface area contributed by atoms with E-state index in [4.69, 9.17) is 5.11 Å². The summed E-state index contributed by atoms with van der Waals surface area (Å²) < 4.78 is 0. The molecule has 0 bridgehead atoms. The summed E-state index contributed by atoms with van der Waals surface area (Å²) in [6.45, 7) is 10.1. The van der Waals surface area contributed by atoms with Crippen LogP contribution in [0.4, 0.5) is 0 Å². The van der Waals surface area contributed by atoms with Gasteiger partial charge in [0, 0.05) is 12.6 Å². The van der Waals surface area contributed by atoms with Crippen molar-refractivity contribution in [3.8, 4) is 0 Å². The van der Waals surface area contributed by atoms with E-state index in [0.717, 1.165) is 12.5 Å². The number of hydrogen-bond donors (Lipinski definition) is 2. The van der Waals surface area contributed by atoms with Crippen LogP contribution in [-0.2, 0) is 0 Å². The van der Waals surface area contributed by atoms with E-state index < -0.39 is 0 Å². The van der Waals surface area contributed by atoms with E-state index in [2.05, 4.69) is 33.0 Å². The Labute approximate surface area is 82.7 Å². The van der Waals surface area contributed by atoms with Crippen LogP contribution in [0, 0.1) is 11.8 Å². The third-order valence-corrected chi connectivity index (χ3v) is 2.57. The highest BCUT2D eigenvalue weighted by Crippen LogP contribution is 2.04. The van der Waals surface area contributed by atoms with Gasteiger partial charge in [0.25, 0.3) is 0 Å². The summed E-state index contributed by atoms with van der Waals surface area (Å²) in [7, 11) is 0. The lowest BCUT2D eigenvalue weighted by molar-refractivity contribution is 0.207. The molecule has 80 valence electrons. The predicted molar refractivity (Wildman–Crippen MR) is 57.8 cm³/mol. The maximum Gasteiger partial charge on any atom is 0.0471 e. The molecule has 2 unspecified atom stereocenters. The number of aliphatic hydroxyl groups is 1. The lowest BCUT2D eigenvalue weighted by Gasteiger charge is -2.19. The molecule has 0 saturated carbocycles. The zero-order chi connectivity index (χ0) is 10.3. The van der Waals surface area contributed by atoms with E-state index >= 15 is 0 Å². The summed E-state index contributed by atoms with van der Waals surface area (Å²) in [6.07, 6.45) is 2.52. The molecular weight excluding hydrogens is 162 g/mol.